The molecular formula is C16H22O4. The van der Waals surface area contributed by atoms with Crippen molar-refractivity contribution in [3.05, 3.63) is 35.3 Å². The lowest BCUT2D eigenvalue weighted by molar-refractivity contribution is 0.0427. The zero-order valence-corrected chi connectivity index (χ0v) is 11.8. The van der Waals surface area contributed by atoms with Gasteiger partial charge >= 0.3 is 11.9 Å². The first-order valence-corrected chi connectivity index (χ1v) is 6.76. The van der Waals surface area contributed by atoms with Gasteiger partial charge in [-0.1, -0.05) is 33.1 Å². The highest BCUT2D eigenvalue weighted by Crippen LogP contribution is 2.14. The third-order valence-corrected chi connectivity index (χ3v) is 3.04. The summed E-state index contributed by atoms with van der Waals surface area (Å²) in [6.07, 6.45) is 3.75. The van der Waals surface area contributed by atoms with Crippen LogP contribution in [0, 0.1) is 5.92 Å². The first-order chi connectivity index (χ1) is 11.3. The number of benzene rings is 1. The largest absolute Gasteiger partial charge is 0.478 e. The number of carboxylic acids is 1. The number of hydrogen-bond donors (Lipinski definition) is 1. The van der Waals surface area contributed by atoms with Gasteiger partial charge < -0.3 is 9.84 Å². The van der Waals surface area contributed by atoms with Crippen molar-refractivity contribution in [3.8, 4) is 0 Å². The van der Waals surface area contributed by atoms with Crippen LogP contribution in [-0.4, -0.2) is 23.7 Å². The van der Waals surface area contributed by atoms with Crippen molar-refractivity contribution in [1.29, 1.82) is 0 Å². The second-order valence-corrected chi connectivity index (χ2v) is 4.57. The van der Waals surface area contributed by atoms with Crippen LogP contribution in [-0.2, 0) is 4.74 Å². The fourth-order valence-corrected chi connectivity index (χ4v) is 1.69. The van der Waals surface area contributed by atoms with E-state index in [1.165, 1.54) is 0 Å². The second-order valence-electron chi connectivity index (χ2n) is 4.57. The average Bonchev–Trinajstić information content (AvgIpc) is 2.53. The predicted octanol–water partition coefficient (Wildman–Crippen LogP) is 3.76. The Balaban J connectivity index is 3.05. The molecule has 20 heavy (non-hydrogen) atoms. The molecule has 1 unspecified atom stereocenters. The van der Waals surface area contributed by atoms with Gasteiger partial charge in [0.05, 0.1) is 23.2 Å². The summed E-state index contributed by atoms with van der Waals surface area (Å²) in [7, 11) is 0. The van der Waals surface area contributed by atoms with Crippen molar-refractivity contribution in [3.63, 3.8) is 0 Å². The van der Waals surface area contributed by atoms with Crippen LogP contribution < -0.4 is 0 Å². The lowest BCUT2D eigenvalue weighted by atomic mass is 10.0. The van der Waals surface area contributed by atoms with Crippen molar-refractivity contribution in [2.45, 2.75) is 39.5 Å². The van der Waals surface area contributed by atoms with Crippen molar-refractivity contribution < 1.29 is 24.9 Å². The van der Waals surface area contributed by atoms with Crippen LogP contribution in [0.5, 0.6) is 0 Å². The van der Waals surface area contributed by atoms with Crippen molar-refractivity contribution >= 4 is 11.9 Å². The first kappa shape index (κ1) is 10.9. The minimum absolute atomic E-state index is 0.134. The van der Waals surface area contributed by atoms with Crippen LogP contribution in [0.25, 0.3) is 0 Å². The summed E-state index contributed by atoms with van der Waals surface area (Å²) in [5.74, 6) is -2.36. The van der Waals surface area contributed by atoms with Crippen LogP contribution in [0.4, 0.5) is 0 Å². The molecule has 0 amide bonds. The molecule has 4 nitrogen and oxygen atoms in total. The standard InChI is InChI=1S/C16H22O4/c1-3-5-6-12(4-2)11-20-16(19)14-9-7-13(8-10-14)15(17)18/h7-10,12H,3-6,11H2,1-2H3,(H,17,18)/i7D,8D,9D,10D. The van der Waals surface area contributed by atoms with E-state index in [0.717, 1.165) is 25.7 Å². The van der Waals surface area contributed by atoms with Crippen LogP contribution >= 0.6 is 0 Å². The van der Waals surface area contributed by atoms with Gasteiger partial charge in [-0.15, -0.1) is 0 Å². The van der Waals surface area contributed by atoms with E-state index < -0.39 is 47.2 Å². The van der Waals surface area contributed by atoms with Gasteiger partial charge in [0.1, 0.15) is 0 Å². The van der Waals surface area contributed by atoms with Gasteiger partial charge in [0.25, 0.3) is 0 Å². The monoisotopic (exact) mass is 282 g/mol. The quantitative estimate of drug-likeness (QED) is 0.737. The number of esters is 1. The number of carbonyl (C=O) groups is 2. The van der Waals surface area contributed by atoms with Crippen LogP contribution in [0.3, 0.4) is 0 Å². The lowest BCUT2D eigenvalue weighted by Crippen LogP contribution is -2.14. The lowest BCUT2D eigenvalue weighted by Gasteiger charge is -2.14. The second kappa shape index (κ2) is 8.35. The Morgan fingerprint density at radius 1 is 1.25 bits per heavy atom. The molecule has 0 aliphatic heterocycles. The molecule has 0 aliphatic rings. The molecule has 1 rings (SSSR count). The zero-order valence-electron chi connectivity index (χ0n) is 15.8. The predicted molar refractivity (Wildman–Crippen MR) is 77.0 cm³/mol. The summed E-state index contributed by atoms with van der Waals surface area (Å²) in [6, 6.07) is -2.90. The van der Waals surface area contributed by atoms with Crippen molar-refractivity contribution in [2.24, 2.45) is 5.92 Å². The van der Waals surface area contributed by atoms with Gasteiger partial charge in [0, 0.05) is 0 Å². The summed E-state index contributed by atoms with van der Waals surface area (Å²) in [5.41, 5.74) is -1.28. The molecule has 0 saturated heterocycles. The van der Waals surface area contributed by atoms with E-state index in [1.807, 2.05) is 6.92 Å². The van der Waals surface area contributed by atoms with E-state index in [9.17, 15) is 9.59 Å². The molecule has 0 spiro atoms. The van der Waals surface area contributed by atoms with E-state index in [2.05, 4.69) is 6.92 Å². The molecule has 0 heterocycles. The molecule has 1 N–H and O–H groups in total. The highest BCUT2D eigenvalue weighted by molar-refractivity contribution is 5.92. The Bertz CT molecular complexity index is 602. The normalized spacial score (nSPS) is 14.7. The Morgan fingerprint density at radius 3 is 2.35 bits per heavy atom. The molecule has 0 aromatic heterocycles. The molecule has 4 heteroatoms. The maximum absolute atomic E-state index is 12.2. The van der Waals surface area contributed by atoms with E-state index >= 15 is 0 Å². The van der Waals surface area contributed by atoms with E-state index in [4.69, 9.17) is 15.3 Å². The Labute approximate surface area is 125 Å². The molecule has 0 radical (unpaired) electrons. The Hall–Kier alpha value is -1.84. The summed E-state index contributed by atoms with van der Waals surface area (Å²) >= 11 is 0. The Morgan fingerprint density at radius 2 is 1.85 bits per heavy atom. The molecular weight excluding hydrogens is 256 g/mol. The SMILES string of the molecule is [2H]c1c([2H])c(C(=O)OCC(CC)CCCC)c([2H])c([2H])c1C(=O)O. The third-order valence-electron chi connectivity index (χ3n) is 3.04. The van der Waals surface area contributed by atoms with Crippen molar-refractivity contribution in [2.75, 3.05) is 6.61 Å². The summed E-state index contributed by atoms with van der Waals surface area (Å²) < 4.78 is 36.0. The highest BCUT2D eigenvalue weighted by atomic mass is 16.5. The molecule has 0 saturated carbocycles. The highest BCUT2D eigenvalue weighted by Gasteiger charge is 2.12. The van der Waals surface area contributed by atoms with Gasteiger partial charge in [-0.3, -0.25) is 0 Å². The number of carboxylic acid groups (broad SMARTS) is 1. The zero-order chi connectivity index (χ0) is 18.4. The molecule has 1 aromatic carbocycles. The fourth-order valence-electron chi connectivity index (χ4n) is 1.69. The molecule has 1 aromatic rings. The van der Waals surface area contributed by atoms with Gasteiger partial charge in [-0.25, -0.2) is 9.59 Å². The molecule has 0 fully saturated rings. The van der Waals surface area contributed by atoms with Gasteiger partial charge in [-0.2, -0.15) is 0 Å². The van der Waals surface area contributed by atoms with Crippen LogP contribution in [0.2, 0.25) is 0 Å². The minimum atomic E-state index is -1.57. The van der Waals surface area contributed by atoms with Gasteiger partial charge in [0.2, 0.25) is 0 Å². The van der Waals surface area contributed by atoms with Gasteiger partial charge in [0.15, 0.2) is 0 Å². The summed E-state index contributed by atoms with van der Waals surface area (Å²) in [6.45, 7) is 4.17. The topological polar surface area (TPSA) is 63.6 Å². The molecule has 0 aliphatic carbocycles. The number of rotatable bonds is 8. The third kappa shape index (κ3) is 5.03. The molecule has 110 valence electrons. The number of hydrogen-bond acceptors (Lipinski definition) is 3. The number of aromatic carboxylic acids is 1. The van der Waals surface area contributed by atoms with E-state index in [-0.39, 0.29) is 12.5 Å². The summed E-state index contributed by atoms with van der Waals surface area (Å²) in [5, 5.41) is 8.99. The van der Waals surface area contributed by atoms with Gasteiger partial charge in [-0.05, 0) is 36.5 Å². The minimum Gasteiger partial charge on any atom is -0.478 e. The number of carbonyl (C=O) groups excluding carboxylic acids is 1. The smallest absolute Gasteiger partial charge is 0.338 e. The fraction of sp³-hybridized carbons (Fsp3) is 0.500. The van der Waals surface area contributed by atoms with Crippen molar-refractivity contribution in [1.82, 2.24) is 0 Å². The number of unbranched alkanes of at least 4 members (excludes halogenated alkanes) is 1. The molecule has 0 bridgehead atoms. The van der Waals surface area contributed by atoms with Crippen LogP contribution in [0.15, 0.2) is 24.2 Å². The van der Waals surface area contributed by atoms with E-state index in [0.29, 0.717) is 0 Å². The molecule has 1 atom stereocenters. The average molecular weight is 282 g/mol. The van der Waals surface area contributed by atoms with E-state index in [1.54, 1.807) is 0 Å². The Kier molecular flexibility index (Phi) is 4.55. The summed E-state index contributed by atoms with van der Waals surface area (Å²) in [4.78, 5) is 23.2. The number of ether oxygens (including phenoxy) is 1. The maximum Gasteiger partial charge on any atom is 0.338 e. The maximum atomic E-state index is 12.2. The first-order valence-electron chi connectivity index (χ1n) is 8.76. The van der Waals surface area contributed by atoms with Crippen LogP contribution in [0.1, 0.15) is 65.7 Å².